The van der Waals surface area contributed by atoms with Gasteiger partial charge in [-0.1, -0.05) is 67.7 Å². The normalized spacial score (nSPS) is 12.7. The van der Waals surface area contributed by atoms with Gasteiger partial charge in [-0.05, 0) is 32.1 Å². The maximum Gasteiger partial charge on any atom is 0.309 e. The van der Waals surface area contributed by atoms with Gasteiger partial charge in [0.1, 0.15) is 0 Å². The lowest BCUT2D eigenvalue weighted by Gasteiger charge is -1.90. The van der Waals surface area contributed by atoms with E-state index in [1.54, 1.807) is 0 Å². The molecule has 0 atom stereocenters. The first kappa shape index (κ1) is 19.2. The second-order valence-corrected chi connectivity index (χ2v) is 4.49. The number of carbonyl (C=O) groups is 1. The maximum atomic E-state index is 10.8. The van der Waals surface area contributed by atoms with Crippen molar-refractivity contribution >= 4 is 5.97 Å². The number of rotatable bonds is 11. The maximum absolute atomic E-state index is 10.8. The van der Waals surface area contributed by atoms with Crippen LogP contribution in [0.5, 0.6) is 0 Å². The SMILES string of the molecule is CCC=CCC=CCC=CCC=CCC=CCC(=O)OC. The molecular formula is C19H28O2. The number of hydrogen-bond acceptors (Lipinski definition) is 2. The van der Waals surface area contributed by atoms with Gasteiger partial charge in [-0.3, -0.25) is 4.79 Å². The van der Waals surface area contributed by atoms with Crippen molar-refractivity contribution < 1.29 is 9.53 Å². The molecule has 2 heteroatoms. The molecule has 0 aromatic heterocycles. The van der Waals surface area contributed by atoms with Crippen LogP contribution >= 0.6 is 0 Å². The third-order valence-corrected chi connectivity index (χ3v) is 2.67. The van der Waals surface area contributed by atoms with Crippen LogP contribution in [-0.2, 0) is 9.53 Å². The summed E-state index contributed by atoms with van der Waals surface area (Å²) in [6, 6.07) is 0. The zero-order valence-corrected chi connectivity index (χ0v) is 13.3. The fourth-order valence-electron chi connectivity index (χ4n) is 1.51. The quantitative estimate of drug-likeness (QED) is 0.381. The van der Waals surface area contributed by atoms with E-state index in [1.807, 2.05) is 12.2 Å². The van der Waals surface area contributed by atoms with Crippen LogP contribution in [-0.4, -0.2) is 13.1 Å². The van der Waals surface area contributed by atoms with E-state index in [4.69, 9.17) is 0 Å². The molecule has 0 bridgehead atoms. The van der Waals surface area contributed by atoms with Crippen LogP contribution in [0.1, 0.15) is 45.4 Å². The molecule has 116 valence electrons. The Labute approximate surface area is 129 Å². The van der Waals surface area contributed by atoms with Crippen molar-refractivity contribution in [3.63, 3.8) is 0 Å². The summed E-state index contributed by atoms with van der Waals surface area (Å²) in [4.78, 5) is 10.8. The van der Waals surface area contributed by atoms with E-state index < -0.39 is 0 Å². The molecule has 0 unspecified atom stereocenters. The Balaban J connectivity index is 3.52. The molecule has 2 nitrogen and oxygen atoms in total. The molecule has 0 saturated heterocycles. The van der Waals surface area contributed by atoms with Crippen molar-refractivity contribution in [3.8, 4) is 0 Å². The Morgan fingerprint density at radius 3 is 1.48 bits per heavy atom. The number of carbonyl (C=O) groups excluding carboxylic acids is 1. The molecule has 0 spiro atoms. The number of ether oxygens (including phenoxy) is 1. The highest BCUT2D eigenvalue weighted by molar-refractivity contribution is 5.70. The second-order valence-electron chi connectivity index (χ2n) is 4.49. The van der Waals surface area contributed by atoms with Gasteiger partial charge in [-0.2, -0.15) is 0 Å². The Morgan fingerprint density at radius 1 is 0.714 bits per heavy atom. The lowest BCUT2D eigenvalue weighted by Crippen LogP contribution is -1.96. The largest absolute Gasteiger partial charge is 0.469 e. The van der Waals surface area contributed by atoms with E-state index in [1.165, 1.54) is 7.11 Å². The van der Waals surface area contributed by atoms with E-state index in [0.717, 1.165) is 32.1 Å². The molecule has 0 amide bonds. The van der Waals surface area contributed by atoms with E-state index in [9.17, 15) is 4.79 Å². The molecule has 0 rings (SSSR count). The molecule has 0 heterocycles. The van der Waals surface area contributed by atoms with Gasteiger partial charge in [0.05, 0.1) is 13.5 Å². The van der Waals surface area contributed by atoms with Gasteiger partial charge in [0.2, 0.25) is 0 Å². The zero-order valence-electron chi connectivity index (χ0n) is 13.3. The summed E-state index contributed by atoms with van der Waals surface area (Å²) in [6.07, 6.45) is 26.4. The summed E-state index contributed by atoms with van der Waals surface area (Å²) in [5.41, 5.74) is 0. The molecule has 0 aromatic carbocycles. The molecule has 21 heavy (non-hydrogen) atoms. The number of hydrogen-bond donors (Lipinski definition) is 0. The minimum Gasteiger partial charge on any atom is -0.469 e. The molecule has 0 radical (unpaired) electrons. The predicted octanol–water partition coefficient (Wildman–Crippen LogP) is 5.30. The molecule has 0 aromatic rings. The van der Waals surface area contributed by atoms with E-state index in [-0.39, 0.29) is 5.97 Å². The summed E-state index contributed by atoms with van der Waals surface area (Å²) in [5.74, 6) is -0.198. The van der Waals surface area contributed by atoms with E-state index in [2.05, 4.69) is 60.3 Å². The average molecular weight is 288 g/mol. The van der Waals surface area contributed by atoms with Gasteiger partial charge in [0.15, 0.2) is 0 Å². The van der Waals surface area contributed by atoms with Crippen LogP contribution in [0.3, 0.4) is 0 Å². The van der Waals surface area contributed by atoms with Crippen molar-refractivity contribution in [1.29, 1.82) is 0 Å². The fourth-order valence-corrected chi connectivity index (χ4v) is 1.51. The van der Waals surface area contributed by atoms with Crippen LogP contribution in [0.2, 0.25) is 0 Å². The van der Waals surface area contributed by atoms with Gasteiger partial charge >= 0.3 is 5.97 Å². The van der Waals surface area contributed by atoms with Crippen molar-refractivity contribution in [1.82, 2.24) is 0 Å². The van der Waals surface area contributed by atoms with Crippen LogP contribution in [0.15, 0.2) is 60.8 Å². The van der Waals surface area contributed by atoms with Crippen molar-refractivity contribution in [2.75, 3.05) is 7.11 Å². The van der Waals surface area contributed by atoms with Crippen molar-refractivity contribution in [3.05, 3.63) is 60.8 Å². The predicted molar refractivity (Wildman–Crippen MR) is 91.1 cm³/mol. The standard InChI is InChI=1S/C19H28O2/c1-3-4-5-6-7-8-9-10-11-12-13-14-15-16-17-18-19(20)21-2/h4-5,7-8,10-11,13-14,16-17H,3,6,9,12,15,18H2,1-2H3. The summed E-state index contributed by atoms with van der Waals surface area (Å²) in [5, 5.41) is 0. The summed E-state index contributed by atoms with van der Waals surface area (Å²) >= 11 is 0. The third-order valence-electron chi connectivity index (χ3n) is 2.67. The monoisotopic (exact) mass is 288 g/mol. The molecule has 0 aliphatic rings. The molecule has 0 aliphatic carbocycles. The average Bonchev–Trinajstić information content (AvgIpc) is 2.50. The molecule has 0 N–H and O–H groups in total. The summed E-state index contributed by atoms with van der Waals surface area (Å²) < 4.78 is 4.54. The molecular weight excluding hydrogens is 260 g/mol. The van der Waals surface area contributed by atoms with Crippen molar-refractivity contribution in [2.45, 2.75) is 45.4 Å². The topological polar surface area (TPSA) is 26.3 Å². The Bertz CT molecular complexity index is 384. The zero-order chi connectivity index (χ0) is 15.6. The van der Waals surface area contributed by atoms with Gasteiger partial charge in [-0.25, -0.2) is 0 Å². The highest BCUT2D eigenvalue weighted by Crippen LogP contribution is 1.96. The van der Waals surface area contributed by atoms with Crippen LogP contribution in [0, 0.1) is 0 Å². The minimum atomic E-state index is -0.198. The van der Waals surface area contributed by atoms with E-state index in [0.29, 0.717) is 6.42 Å². The Morgan fingerprint density at radius 2 is 1.10 bits per heavy atom. The summed E-state index contributed by atoms with van der Waals surface area (Å²) in [6.45, 7) is 2.14. The molecule has 0 aliphatic heterocycles. The first-order valence-electron chi connectivity index (χ1n) is 7.63. The second kappa shape index (κ2) is 16.2. The smallest absolute Gasteiger partial charge is 0.309 e. The third kappa shape index (κ3) is 16.1. The highest BCUT2D eigenvalue weighted by atomic mass is 16.5. The van der Waals surface area contributed by atoms with Crippen LogP contribution in [0.25, 0.3) is 0 Å². The first-order valence-corrected chi connectivity index (χ1v) is 7.63. The Hall–Kier alpha value is -1.83. The van der Waals surface area contributed by atoms with Gasteiger partial charge < -0.3 is 4.74 Å². The number of esters is 1. The van der Waals surface area contributed by atoms with Gasteiger partial charge in [-0.15, -0.1) is 0 Å². The summed E-state index contributed by atoms with van der Waals surface area (Å²) in [7, 11) is 1.40. The fraction of sp³-hybridized carbons (Fsp3) is 0.421. The van der Waals surface area contributed by atoms with Crippen LogP contribution in [0.4, 0.5) is 0 Å². The number of allylic oxidation sites excluding steroid dienone is 9. The lowest BCUT2D eigenvalue weighted by molar-refractivity contribution is -0.139. The lowest BCUT2D eigenvalue weighted by atomic mass is 10.2. The van der Waals surface area contributed by atoms with Gasteiger partial charge in [0.25, 0.3) is 0 Å². The number of methoxy groups -OCH3 is 1. The van der Waals surface area contributed by atoms with Gasteiger partial charge in [0, 0.05) is 0 Å². The van der Waals surface area contributed by atoms with Crippen LogP contribution < -0.4 is 0 Å². The van der Waals surface area contributed by atoms with E-state index >= 15 is 0 Å². The minimum absolute atomic E-state index is 0.198. The molecule has 0 fully saturated rings. The van der Waals surface area contributed by atoms with Crippen molar-refractivity contribution in [2.24, 2.45) is 0 Å². The Kier molecular flexibility index (Phi) is 14.8. The molecule has 0 saturated carbocycles. The highest BCUT2D eigenvalue weighted by Gasteiger charge is 1.92. The first-order chi connectivity index (χ1) is 10.3.